The summed E-state index contributed by atoms with van der Waals surface area (Å²) in [5.74, 6) is 0.679. The highest BCUT2D eigenvalue weighted by Crippen LogP contribution is 2.33. The summed E-state index contributed by atoms with van der Waals surface area (Å²) in [4.78, 5) is 23.4. The smallest absolute Gasteiger partial charge is 0.408 e. The number of amides is 1. The molecule has 1 aliphatic carbocycles. The van der Waals surface area contributed by atoms with Crippen molar-refractivity contribution in [2.24, 2.45) is 5.92 Å². The zero-order valence-electron chi connectivity index (χ0n) is 11.2. The molecule has 98 valence electrons. The Morgan fingerprint density at radius 2 is 1.94 bits per heavy atom. The van der Waals surface area contributed by atoms with Crippen LogP contribution in [0.5, 0.6) is 0 Å². The standard InChI is InChI=1S/C13H23NO3/c1-5-10(11(15)8-9-6-7-9)14-12(16)17-13(2,3)4/h9-10H,5-8H2,1-4H3,(H,14,16). The lowest BCUT2D eigenvalue weighted by atomic mass is 10.1. The van der Waals surface area contributed by atoms with Gasteiger partial charge in [-0.25, -0.2) is 4.79 Å². The van der Waals surface area contributed by atoms with Crippen molar-refractivity contribution in [3.63, 3.8) is 0 Å². The lowest BCUT2D eigenvalue weighted by Crippen LogP contribution is -2.43. The number of carbonyl (C=O) groups is 2. The summed E-state index contributed by atoms with van der Waals surface area (Å²) < 4.78 is 5.14. The number of Topliss-reactive ketones (excluding diaryl/α,β-unsaturated/α-hetero) is 1. The third kappa shape index (κ3) is 5.71. The van der Waals surface area contributed by atoms with Gasteiger partial charge in [0.2, 0.25) is 0 Å². The van der Waals surface area contributed by atoms with Crippen LogP contribution in [0, 0.1) is 5.92 Å². The van der Waals surface area contributed by atoms with Crippen LogP contribution < -0.4 is 5.32 Å². The number of hydrogen-bond acceptors (Lipinski definition) is 3. The van der Waals surface area contributed by atoms with E-state index in [0.29, 0.717) is 18.8 Å². The second-order valence-electron chi connectivity index (χ2n) is 5.72. The van der Waals surface area contributed by atoms with E-state index in [0.717, 1.165) is 12.8 Å². The molecule has 0 aromatic rings. The van der Waals surface area contributed by atoms with Crippen LogP contribution in [0.4, 0.5) is 4.79 Å². The van der Waals surface area contributed by atoms with E-state index in [9.17, 15) is 9.59 Å². The van der Waals surface area contributed by atoms with Crippen LogP contribution >= 0.6 is 0 Å². The van der Waals surface area contributed by atoms with Crippen molar-refractivity contribution in [2.75, 3.05) is 0 Å². The quantitative estimate of drug-likeness (QED) is 0.805. The number of hydrogen-bond donors (Lipinski definition) is 1. The van der Waals surface area contributed by atoms with Crippen LogP contribution in [-0.4, -0.2) is 23.5 Å². The van der Waals surface area contributed by atoms with E-state index in [2.05, 4.69) is 5.32 Å². The highest BCUT2D eigenvalue weighted by Gasteiger charge is 2.29. The fourth-order valence-corrected chi connectivity index (χ4v) is 1.61. The molecule has 1 amide bonds. The molecule has 1 N–H and O–H groups in total. The van der Waals surface area contributed by atoms with Crippen LogP contribution in [0.2, 0.25) is 0 Å². The summed E-state index contributed by atoms with van der Waals surface area (Å²) in [6.07, 6.45) is 3.00. The highest BCUT2D eigenvalue weighted by atomic mass is 16.6. The molecule has 0 bridgehead atoms. The van der Waals surface area contributed by atoms with Gasteiger partial charge in [-0.2, -0.15) is 0 Å². The van der Waals surface area contributed by atoms with Crippen LogP contribution in [0.1, 0.15) is 53.4 Å². The highest BCUT2D eigenvalue weighted by molar-refractivity contribution is 5.87. The fraction of sp³-hybridized carbons (Fsp3) is 0.846. The topological polar surface area (TPSA) is 55.4 Å². The molecular formula is C13H23NO3. The van der Waals surface area contributed by atoms with Crippen LogP contribution in [0.15, 0.2) is 0 Å². The summed E-state index contributed by atoms with van der Waals surface area (Å²) in [5.41, 5.74) is -0.526. The number of nitrogens with one attached hydrogen (secondary N) is 1. The van der Waals surface area contributed by atoms with Gasteiger partial charge in [-0.3, -0.25) is 4.79 Å². The lowest BCUT2D eigenvalue weighted by Gasteiger charge is -2.22. The molecule has 0 radical (unpaired) electrons. The van der Waals surface area contributed by atoms with Crippen molar-refractivity contribution in [2.45, 2.75) is 65.0 Å². The average Bonchev–Trinajstić information content (AvgIpc) is 2.94. The molecule has 0 heterocycles. The summed E-state index contributed by atoms with van der Waals surface area (Å²) in [6, 6.07) is -0.398. The number of ketones is 1. The minimum absolute atomic E-state index is 0.126. The SMILES string of the molecule is CCC(NC(=O)OC(C)(C)C)C(=O)CC1CC1. The molecule has 1 rings (SSSR count). The van der Waals surface area contributed by atoms with E-state index < -0.39 is 17.7 Å². The summed E-state index contributed by atoms with van der Waals surface area (Å²) >= 11 is 0. The first-order valence-electron chi connectivity index (χ1n) is 6.34. The van der Waals surface area contributed by atoms with Gasteiger partial charge in [0.25, 0.3) is 0 Å². The van der Waals surface area contributed by atoms with Crippen molar-refractivity contribution in [1.82, 2.24) is 5.32 Å². The Morgan fingerprint density at radius 1 is 1.35 bits per heavy atom. The largest absolute Gasteiger partial charge is 0.444 e. The second kappa shape index (κ2) is 5.52. The maximum absolute atomic E-state index is 11.9. The van der Waals surface area contributed by atoms with Gasteiger partial charge in [0.05, 0.1) is 6.04 Å². The molecular weight excluding hydrogens is 218 g/mol. The molecule has 0 spiro atoms. The predicted molar refractivity (Wildman–Crippen MR) is 65.8 cm³/mol. The number of ether oxygens (including phenoxy) is 1. The van der Waals surface area contributed by atoms with Gasteiger partial charge in [0.15, 0.2) is 5.78 Å². The Balaban J connectivity index is 2.39. The van der Waals surface area contributed by atoms with Gasteiger partial charge in [0, 0.05) is 6.42 Å². The van der Waals surface area contributed by atoms with Gasteiger partial charge < -0.3 is 10.1 Å². The Hall–Kier alpha value is -1.06. The number of rotatable bonds is 5. The molecule has 4 heteroatoms. The van der Waals surface area contributed by atoms with E-state index >= 15 is 0 Å². The Labute approximate surface area is 103 Å². The van der Waals surface area contributed by atoms with E-state index in [4.69, 9.17) is 4.74 Å². The molecule has 0 aromatic heterocycles. The predicted octanol–water partition coefficient (Wildman–Crippen LogP) is 2.66. The molecule has 4 nitrogen and oxygen atoms in total. The third-order valence-corrected chi connectivity index (χ3v) is 2.67. The Morgan fingerprint density at radius 3 is 2.35 bits per heavy atom. The maximum atomic E-state index is 11.9. The number of alkyl carbamates (subject to hydrolysis) is 1. The van der Waals surface area contributed by atoms with Gasteiger partial charge in [0.1, 0.15) is 5.60 Å². The van der Waals surface area contributed by atoms with E-state index in [1.54, 1.807) is 20.8 Å². The Bertz CT molecular complexity index is 290. The average molecular weight is 241 g/mol. The van der Waals surface area contributed by atoms with Crippen molar-refractivity contribution in [3.8, 4) is 0 Å². The first-order chi connectivity index (χ1) is 7.81. The summed E-state index contributed by atoms with van der Waals surface area (Å²) in [5, 5.41) is 2.65. The Kier molecular flexibility index (Phi) is 4.54. The van der Waals surface area contributed by atoms with Crippen molar-refractivity contribution >= 4 is 11.9 Å². The van der Waals surface area contributed by atoms with Crippen molar-refractivity contribution < 1.29 is 14.3 Å². The van der Waals surface area contributed by atoms with Gasteiger partial charge in [-0.1, -0.05) is 6.92 Å². The van der Waals surface area contributed by atoms with Crippen LogP contribution in [0.25, 0.3) is 0 Å². The second-order valence-corrected chi connectivity index (χ2v) is 5.72. The molecule has 1 saturated carbocycles. The molecule has 17 heavy (non-hydrogen) atoms. The van der Waals surface area contributed by atoms with E-state index in [1.165, 1.54) is 0 Å². The molecule has 1 fully saturated rings. The molecule has 0 aromatic carbocycles. The monoisotopic (exact) mass is 241 g/mol. The molecule has 0 saturated heterocycles. The summed E-state index contributed by atoms with van der Waals surface area (Å²) in [7, 11) is 0. The van der Waals surface area contributed by atoms with Crippen molar-refractivity contribution in [1.29, 1.82) is 0 Å². The van der Waals surface area contributed by atoms with Crippen molar-refractivity contribution in [3.05, 3.63) is 0 Å². The minimum atomic E-state index is -0.526. The molecule has 0 aliphatic heterocycles. The van der Waals surface area contributed by atoms with Crippen LogP contribution in [-0.2, 0) is 9.53 Å². The fourth-order valence-electron chi connectivity index (χ4n) is 1.61. The zero-order chi connectivity index (χ0) is 13.1. The molecule has 1 unspecified atom stereocenters. The first kappa shape index (κ1) is 14.0. The lowest BCUT2D eigenvalue weighted by molar-refractivity contribution is -0.121. The molecule has 1 aliphatic rings. The number of carbonyl (C=O) groups excluding carboxylic acids is 2. The van der Waals surface area contributed by atoms with Gasteiger partial charge in [-0.05, 0) is 46.0 Å². The molecule has 1 atom stereocenters. The van der Waals surface area contributed by atoms with E-state index in [1.807, 2.05) is 6.92 Å². The third-order valence-electron chi connectivity index (χ3n) is 2.67. The minimum Gasteiger partial charge on any atom is -0.444 e. The first-order valence-corrected chi connectivity index (χ1v) is 6.34. The van der Waals surface area contributed by atoms with Crippen LogP contribution in [0.3, 0.4) is 0 Å². The van der Waals surface area contributed by atoms with Gasteiger partial charge >= 0.3 is 6.09 Å². The maximum Gasteiger partial charge on any atom is 0.408 e. The zero-order valence-corrected chi connectivity index (χ0v) is 11.2. The van der Waals surface area contributed by atoms with Gasteiger partial charge in [-0.15, -0.1) is 0 Å². The summed E-state index contributed by atoms with van der Waals surface area (Å²) in [6.45, 7) is 7.31. The normalized spacial score (nSPS) is 17.4. The van der Waals surface area contributed by atoms with E-state index in [-0.39, 0.29) is 5.78 Å².